The summed E-state index contributed by atoms with van der Waals surface area (Å²) in [6.45, 7) is 0. The van der Waals surface area contributed by atoms with Crippen molar-refractivity contribution in [3.63, 3.8) is 0 Å². The fourth-order valence-corrected chi connectivity index (χ4v) is 3.59. The predicted octanol–water partition coefficient (Wildman–Crippen LogP) is 4.82. The number of fused-ring (bicyclic) bond motifs is 1. The first-order chi connectivity index (χ1) is 11.5. The molecule has 3 rings (SSSR count). The average molecular weight is 452 g/mol. The van der Waals surface area contributed by atoms with E-state index in [1.54, 1.807) is 30.6 Å². The highest BCUT2D eigenvalue weighted by Crippen LogP contribution is 2.39. The molecule has 2 aromatic carbocycles. The van der Waals surface area contributed by atoms with Crippen molar-refractivity contribution in [3.05, 3.63) is 51.2 Å². The summed E-state index contributed by atoms with van der Waals surface area (Å²) in [6, 6.07) is 6.61. The summed E-state index contributed by atoms with van der Waals surface area (Å²) in [5.74, 6) is 0.146. The number of rotatable bonds is 3. The largest absolute Gasteiger partial charge is 0.507 e. The Morgan fingerprint density at radius 2 is 1.71 bits per heavy atom. The van der Waals surface area contributed by atoms with Crippen LogP contribution in [0.15, 0.2) is 50.6 Å². The lowest BCUT2D eigenvalue weighted by molar-refractivity contribution is 0.468. The van der Waals surface area contributed by atoms with Gasteiger partial charge < -0.3 is 15.3 Å². The topological polar surface area (TPSA) is 85.9 Å². The normalized spacial score (nSPS) is 11.4. The highest BCUT2D eigenvalue weighted by molar-refractivity contribution is 9.11. The minimum Gasteiger partial charge on any atom is -0.507 e. The van der Waals surface area contributed by atoms with E-state index in [-0.39, 0.29) is 22.9 Å². The molecule has 0 bridgehead atoms. The van der Waals surface area contributed by atoms with Crippen molar-refractivity contribution in [2.24, 2.45) is 4.99 Å². The molecule has 0 fully saturated rings. The number of halogens is 2. The van der Waals surface area contributed by atoms with Crippen LogP contribution >= 0.6 is 31.9 Å². The highest BCUT2D eigenvalue weighted by atomic mass is 79.9. The second kappa shape index (κ2) is 6.78. The van der Waals surface area contributed by atoms with E-state index in [1.807, 2.05) is 0 Å². The fraction of sp³-hybridized carbons (Fsp3) is 0.0588. The number of hydrogen-bond donors (Lipinski definition) is 3. The molecule has 5 nitrogen and oxygen atoms in total. The van der Waals surface area contributed by atoms with Crippen LogP contribution in [0.4, 0.5) is 5.69 Å². The first kappa shape index (κ1) is 16.7. The minimum absolute atomic E-state index is 0.0276. The highest BCUT2D eigenvalue weighted by Gasteiger charge is 2.10. The zero-order chi connectivity index (χ0) is 17.3. The van der Waals surface area contributed by atoms with E-state index in [1.165, 1.54) is 12.3 Å². The van der Waals surface area contributed by atoms with Crippen molar-refractivity contribution in [1.29, 1.82) is 0 Å². The van der Waals surface area contributed by atoms with Crippen molar-refractivity contribution >= 4 is 54.5 Å². The number of phenolic OH excluding ortho intramolecular Hbond substituents is 3. The summed E-state index contributed by atoms with van der Waals surface area (Å²) in [5.41, 5.74) is 1.19. The van der Waals surface area contributed by atoms with Gasteiger partial charge in [0, 0.05) is 41.9 Å². The summed E-state index contributed by atoms with van der Waals surface area (Å²) < 4.78 is 1.16. The van der Waals surface area contributed by atoms with E-state index >= 15 is 0 Å². The van der Waals surface area contributed by atoms with E-state index in [0.29, 0.717) is 26.1 Å². The number of aromatic hydroxyl groups is 3. The third-order valence-corrected chi connectivity index (χ3v) is 4.71. The molecule has 0 atom stereocenters. The van der Waals surface area contributed by atoms with Crippen molar-refractivity contribution in [2.45, 2.75) is 6.42 Å². The maximum atomic E-state index is 10.3. The fourth-order valence-electron chi connectivity index (χ4n) is 2.30. The minimum atomic E-state index is -0.0276. The molecule has 0 aliphatic heterocycles. The quantitative estimate of drug-likeness (QED) is 0.393. The number of pyridine rings is 1. The van der Waals surface area contributed by atoms with Gasteiger partial charge >= 0.3 is 0 Å². The molecule has 24 heavy (non-hydrogen) atoms. The molecule has 0 unspecified atom stereocenters. The second-order valence-electron chi connectivity index (χ2n) is 5.11. The van der Waals surface area contributed by atoms with E-state index in [9.17, 15) is 15.3 Å². The lowest BCUT2D eigenvalue weighted by atomic mass is 10.1. The van der Waals surface area contributed by atoms with Gasteiger partial charge in [0.1, 0.15) is 17.2 Å². The molecule has 3 aromatic rings. The monoisotopic (exact) mass is 450 g/mol. The van der Waals surface area contributed by atoms with Gasteiger partial charge in [-0.2, -0.15) is 0 Å². The molecule has 0 aliphatic rings. The number of phenols is 3. The molecule has 7 heteroatoms. The molecular weight excluding hydrogens is 440 g/mol. The van der Waals surface area contributed by atoms with Gasteiger partial charge in [0.25, 0.3) is 0 Å². The number of aliphatic imine (C=N–C) groups is 1. The Kier molecular flexibility index (Phi) is 4.73. The Labute approximate surface area is 154 Å². The smallest absolute Gasteiger partial charge is 0.150 e. The number of nitrogens with zero attached hydrogens (tertiary/aromatic N) is 2. The molecule has 0 spiro atoms. The van der Waals surface area contributed by atoms with E-state index in [4.69, 9.17) is 0 Å². The standard InChI is InChI=1S/C17H12Br2N2O3/c18-12-5-9(6-13(19)17(12)24)1-4-21-14-7-15(22)10-2-3-20-8-11(10)16(14)23/h2-8,22-24H,1H2. The SMILES string of the molecule is Oc1c(Br)cc(CC=Nc2cc(O)c3ccncc3c2O)cc1Br. The predicted molar refractivity (Wildman–Crippen MR) is 100 cm³/mol. The van der Waals surface area contributed by atoms with Crippen LogP contribution in [0.5, 0.6) is 17.2 Å². The van der Waals surface area contributed by atoms with Crippen molar-refractivity contribution in [3.8, 4) is 17.2 Å². The Hall–Kier alpha value is -2.12. The lowest BCUT2D eigenvalue weighted by Gasteiger charge is -2.06. The Bertz CT molecular complexity index is 935. The van der Waals surface area contributed by atoms with Gasteiger partial charge in [-0.25, -0.2) is 0 Å². The van der Waals surface area contributed by atoms with Crippen LogP contribution in [0.1, 0.15) is 5.56 Å². The van der Waals surface area contributed by atoms with Crippen LogP contribution in [0.3, 0.4) is 0 Å². The second-order valence-corrected chi connectivity index (χ2v) is 6.82. The molecule has 122 valence electrons. The van der Waals surface area contributed by atoms with E-state index in [0.717, 1.165) is 5.56 Å². The first-order valence-corrected chi connectivity index (χ1v) is 8.54. The third-order valence-electron chi connectivity index (χ3n) is 3.50. The van der Waals surface area contributed by atoms with E-state index in [2.05, 4.69) is 41.8 Å². The molecular formula is C17H12Br2N2O3. The molecule has 0 aliphatic carbocycles. The first-order valence-electron chi connectivity index (χ1n) is 6.95. The summed E-state index contributed by atoms with van der Waals surface area (Å²) in [7, 11) is 0. The number of benzene rings is 2. The van der Waals surface area contributed by atoms with Gasteiger partial charge in [0.05, 0.1) is 8.95 Å². The Morgan fingerprint density at radius 3 is 2.42 bits per heavy atom. The maximum Gasteiger partial charge on any atom is 0.150 e. The Balaban J connectivity index is 1.90. The number of aromatic nitrogens is 1. The van der Waals surface area contributed by atoms with Gasteiger partial charge in [-0.3, -0.25) is 9.98 Å². The van der Waals surface area contributed by atoms with Crippen LogP contribution in [0.25, 0.3) is 10.8 Å². The lowest BCUT2D eigenvalue weighted by Crippen LogP contribution is -1.87. The van der Waals surface area contributed by atoms with Gasteiger partial charge in [-0.05, 0) is 55.6 Å². The molecule has 0 radical (unpaired) electrons. The van der Waals surface area contributed by atoms with Gasteiger partial charge in [0.2, 0.25) is 0 Å². The maximum absolute atomic E-state index is 10.3. The summed E-state index contributed by atoms with van der Waals surface area (Å²) >= 11 is 6.55. The van der Waals surface area contributed by atoms with Crippen molar-refractivity contribution < 1.29 is 15.3 Å². The van der Waals surface area contributed by atoms with Gasteiger partial charge in [-0.1, -0.05) is 0 Å². The zero-order valence-electron chi connectivity index (χ0n) is 12.2. The summed E-state index contributed by atoms with van der Waals surface area (Å²) in [6.07, 6.45) is 5.15. The third kappa shape index (κ3) is 3.22. The molecule has 0 saturated carbocycles. The molecule has 3 N–H and O–H groups in total. The van der Waals surface area contributed by atoms with Crippen LogP contribution in [0, 0.1) is 0 Å². The summed E-state index contributed by atoms with van der Waals surface area (Å²) in [4.78, 5) is 8.19. The van der Waals surface area contributed by atoms with Crippen LogP contribution in [-0.4, -0.2) is 26.5 Å². The van der Waals surface area contributed by atoms with E-state index < -0.39 is 0 Å². The van der Waals surface area contributed by atoms with Crippen LogP contribution in [0.2, 0.25) is 0 Å². The summed E-state index contributed by atoms with van der Waals surface area (Å²) in [5, 5.41) is 31.0. The van der Waals surface area contributed by atoms with Gasteiger partial charge in [-0.15, -0.1) is 0 Å². The van der Waals surface area contributed by atoms with Crippen LogP contribution in [-0.2, 0) is 6.42 Å². The Morgan fingerprint density at radius 1 is 1.00 bits per heavy atom. The van der Waals surface area contributed by atoms with Crippen molar-refractivity contribution in [2.75, 3.05) is 0 Å². The molecule has 1 aromatic heterocycles. The van der Waals surface area contributed by atoms with Crippen LogP contribution < -0.4 is 0 Å². The average Bonchev–Trinajstić information content (AvgIpc) is 2.57. The molecule has 1 heterocycles. The molecule has 0 saturated heterocycles. The number of hydrogen-bond acceptors (Lipinski definition) is 5. The zero-order valence-corrected chi connectivity index (χ0v) is 15.4. The van der Waals surface area contributed by atoms with Gasteiger partial charge in [0.15, 0.2) is 5.75 Å². The van der Waals surface area contributed by atoms with Crippen molar-refractivity contribution in [1.82, 2.24) is 4.98 Å². The molecule has 0 amide bonds.